The summed E-state index contributed by atoms with van der Waals surface area (Å²) in [4.78, 5) is 29.3. The first-order valence-electron chi connectivity index (χ1n) is 9.07. The molecule has 1 aliphatic rings. The number of rotatable bonds is 3. The second kappa shape index (κ2) is 6.48. The Morgan fingerprint density at radius 1 is 1.31 bits per heavy atom. The number of hydrogen-bond donors (Lipinski definition) is 1. The van der Waals surface area contributed by atoms with Gasteiger partial charge in [-0.05, 0) is 49.4 Å². The third kappa shape index (κ3) is 2.83. The summed E-state index contributed by atoms with van der Waals surface area (Å²) in [7, 11) is 1.71. The van der Waals surface area contributed by atoms with Crippen molar-refractivity contribution in [3.8, 4) is 0 Å². The van der Waals surface area contributed by atoms with Crippen LogP contribution in [0.4, 0.5) is 0 Å². The molecule has 0 saturated carbocycles. The van der Waals surface area contributed by atoms with Crippen LogP contribution < -0.4 is 5.69 Å². The number of aromatic nitrogens is 4. The third-order valence-corrected chi connectivity index (χ3v) is 5.38. The number of hydrogen-bond acceptors (Lipinski definition) is 3. The zero-order valence-electron chi connectivity index (χ0n) is 15.1. The molecule has 1 aromatic carbocycles. The van der Waals surface area contributed by atoms with E-state index in [0.717, 1.165) is 43.5 Å². The first-order chi connectivity index (χ1) is 12.6. The first-order valence-corrected chi connectivity index (χ1v) is 9.07. The highest BCUT2D eigenvalue weighted by molar-refractivity contribution is 5.97. The normalized spacial score (nSPS) is 15.7. The molecule has 0 atom stereocenters. The maximum atomic E-state index is 12.9. The molecule has 1 saturated heterocycles. The van der Waals surface area contributed by atoms with Gasteiger partial charge in [0.15, 0.2) is 0 Å². The van der Waals surface area contributed by atoms with Crippen LogP contribution in [0.3, 0.4) is 0 Å². The highest BCUT2D eigenvalue weighted by Crippen LogP contribution is 2.28. The molecular formula is C19H23N5O2. The van der Waals surface area contributed by atoms with Crippen molar-refractivity contribution < 1.29 is 4.79 Å². The standard InChI is InChI=1S/C19H23N5O2/c1-3-24-12-15(11-20-24)13-6-8-23(9-7-13)18(25)14-4-5-16-17(10-14)22(2)19(26)21-16/h4-5,10-13H,3,6-9H2,1-2H3,(H,21,26). The van der Waals surface area contributed by atoms with Crippen molar-refractivity contribution in [2.75, 3.05) is 13.1 Å². The van der Waals surface area contributed by atoms with Crippen LogP contribution in [-0.4, -0.2) is 43.2 Å². The molecule has 7 heteroatoms. The number of aromatic amines is 1. The molecule has 7 nitrogen and oxygen atoms in total. The quantitative estimate of drug-likeness (QED) is 0.783. The lowest BCUT2D eigenvalue weighted by atomic mass is 9.91. The van der Waals surface area contributed by atoms with Gasteiger partial charge in [0.25, 0.3) is 5.91 Å². The van der Waals surface area contributed by atoms with Crippen molar-refractivity contribution in [3.05, 3.63) is 52.2 Å². The van der Waals surface area contributed by atoms with Crippen LogP contribution in [0.25, 0.3) is 11.0 Å². The summed E-state index contributed by atoms with van der Waals surface area (Å²) in [6, 6.07) is 5.39. The van der Waals surface area contributed by atoms with Crippen LogP contribution in [0.15, 0.2) is 35.4 Å². The molecule has 26 heavy (non-hydrogen) atoms. The Kier molecular flexibility index (Phi) is 4.14. The van der Waals surface area contributed by atoms with Crippen LogP contribution in [0.2, 0.25) is 0 Å². The Labute approximate surface area is 151 Å². The highest BCUT2D eigenvalue weighted by Gasteiger charge is 2.25. The Morgan fingerprint density at radius 3 is 2.77 bits per heavy atom. The number of fused-ring (bicyclic) bond motifs is 1. The SMILES string of the molecule is CCn1cc(C2CCN(C(=O)c3ccc4[nH]c(=O)n(C)c4c3)CC2)cn1. The fraction of sp³-hybridized carbons (Fsp3) is 0.421. The van der Waals surface area contributed by atoms with E-state index in [9.17, 15) is 9.59 Å². The van der Waals surface area contributed by atoms with Gasteiger partial charge in [-0.2, -0.15) is 5.10 Å². The van der Waals surface area contributed by atoms with Gasteiger partial charge in [0.05, 0.1) is 17.2 Å². The lowest BCUT2D eigenvalue weighted by Crippen LogP contribution is -2.37. The van der Waals surface area contributed by atoms with E-state index in [-0.39, 0.29) is 11.6 Å². The van der Waals surface area contributed by atoms with E-state index < -0.39 is 0 Å². The number of carbonyl (C=O) groups excluding carboxylic acids is 1. The molecule has 0 aliphatic carbocycles. The van der Waals surface area contributed by atoms with Crippen LogP contribution in [0.5, 0.6) is 0 Å². The van der Waals surface area contributed by atoms with Crippen molar-refractivity contribution in [2.45, 2.75) is 32.2 Å². The largest absolute Gasteiger partial charge is 0.339 e. The number of carbonyl (C=O) groups is 1. The van der Waals surface area contributed by atoms with E-state index in [0.29, 0.717) is 11.5 Å². The van der Waals surface area contributed by atoms with Crippen LogP contribution in [-0.2, 0) is 13.6 Å². The number of imidazole rings is 1. The summed E-state index contributed by atoms with van der Waals surface area (Å²) in [5.74, 6) is 0.496. The Hall–Kier alpha value is -2.83. The predicted octanol–water partition coefficient (Wildman–Crippen LogP) is 2.10. The summed E-state index contributed by atoms with van der Waals surface area (Å²) in [6.07, 6.45) is 5.96. The Balaban J connectivity index is 1.48. The van der Waals surface area contributed by atoms with Gasteiger partial charge >= 0.3 is 5.69 Å². The van der Waals surface area contributed by atoms with E-state index in [1.807, 2.05) is 15.8 Å². The van der Waals surface area contributed by atoms with Gasteiger partial charge < -0.3 is 9.88 Å². The molecule has 0 spiro atoms. The molecular weight excluding hydrogens is 330 g/mol. The average Bonchev–Trinajstić information content (AvgIpc) is 3.26. The zero-order chi connectivity index (χ0) is 18.3. The maximum Gasteiger partial charge on any atom is 0.326 e. The lowest BCUT2D eigenvalue weighted by molar-refractivity contribution is 0.0713. The topological polar surface area (TPSA) is 75.9 Å². The van der Waals surface area contributed by atoms with E-state index >= 15 is 0 Å². The van der Waals surface area contributed by atoms with Gasteiger partial charge in [-0.15, -0.1) is 0 Å². The lowest BCUT2D eigenvalue weighted by Gasteiger charge is -2.31. The maximum absolute atomic E-state index is 12.9. The number of nitrogens with zero attached hydrogens (tertiary/aromatic N) is 4. The number of H-pyrrole nitrogens is 1. The van der Waals surface area contributed by atoms with Gasteiger partial charge in [-0.25, -0.2) is 4.79 Å². The first kappa shape index (κ1) is 16.6. The van der Waals surface area contributed by atoms with E-state index in [1.165, 1.54) is 10.1 Å². The Morgan fingerprint density at radius 2 is 2.08 bits per heavy atom. The number of piperidine rings is 1. The minimum Gasteiger partial charge on any atom is -0.339 e. The number of nitrogens with one attached hydrogen (secondary N) is 1. The second-order valence-electron chi connectivity index (χ2n) is 6.92. The van der Waals surface area contributed by atoms with Crippen molar-refractivity contribution in [1.29, 1.82) is 0 Å². The van der Waals surface area contributed by atoms with Crippen molar-refractivity contribution >= 4 is 16.9 Å². The van der Waals surface area contributed by atoms with Crippen LogP contribution >= 0.6 is 0 Å². The van der Waals surface area contributed by atoms with Crippen LogP contribution in [0.1, 0.15) is 41.6 Å². The van der Waals surface area contributed by atoms with Crippen LogP contribution in [0, 0.1) is 0 Å². The fourth-order valence-electron chi connectivity index (χ4n) is 3.72. The third-order valence-electron chi connectivity index (χ3n) is 5.38. The monoisotopic (exact) mass is 353 g/mol. The van der Waals surface area contributed by atoms with Crippen molar-refractivity contribution in [3.63, 3.8) is 0 Å². The van der Waals surface area contributed by atoms with Gasteiger partial charge in [-0.3, -0.25) is 14.0 Å². The average molecular weight is 353 g/mol. The minimum atomic E-state index is -0.168. The van der Waals surface area contributed by atoms with Crippen molar-refractivity contribution in [1.82, 2.24) is 24.2 Å². The summed E-state index contributed by atoms with van der Waals surface area (Å²) in [5.41, 5.74) is 3.23. The summed E-state index contributed by atoms with van der Waals surface area (Å²) in [6.45, 7) is 4.44. The molecule has 3 aromatic rings. The molecule has 0 bridgehead atoms. The number of amides is 1. The summed E-state index contributed by atoms with van der Waals surface area (Å²) >= 11 is 0. The summed E-state index contributed by atoms with van der Waals surface area (Å²) < 4.78 is 3.48. The van der Waals surface area contributed by atoms with E-state index in [2.05, 4.69) is 23.2 Å². The molecule has 1 N–H and O–H groups in total. The highest BCUT2D eigenvalue weighted by atomic mass is 16.2. The number of likely N-dealkylation sites (tertiary alicyclic amines) is 1. The molecule has 0 unspecified atom stereocenters. The summed E-state index contributed by atoms with van der Waals surface area (Å²) in [5, 5.41) is 4.36. The molecule has 1 aliphatic heterocycles. The van der Waals surface area contributed by atoms with Crippen molar-refractivity contribution in [2.24, 2.45) is 7.05 Å². The minimum absolute atomic E-state index is 0.0308. The Bertz CT molecular complexity index is 1000. The molecule has 3 heterocycles. The second-order valence-corrected chi connectivity index (χ2v) is 6.92. The molecule has 1 fully saturated rings. The predicted molar refractivity (Wildman–Crippen MR) is 99.3 cm³/mol. The number of aryl methyl sites for hydroxylation is 2. The number of benzene rings is 1. The molecule has 1 amide bonds. The van der Waals surface area contributed by atoms with Gasteiger partial charge in [-0.1, -0.05) is 0 Å². The van der Waals surface area contributed by atoms with Gasteiger partial charge in [0.2, 0.25) is 0 Å². The molecule has 136 valence electrons. The zero-order valence-corrected chi connectivity index (χ0v) is 15.1. The molecule has 0 radical (unpaired) electrons. The molecule has 2 aromatic heterocycles. The van der Waals surface area contributed by atoms with Gasteiger partial charge in [0.1, 0.15) is 0 Å². The fourth-order valence-corrected chi connectivity index (χ4v) is 3.72. The smallest absolute Gasteiger partial charge is 0.326 e. The molecule has 4 rings (SSSR count). The van der Waals surface area contributed by atoms with E-state index in [4.69, 9.17) is 0 Å². The van der Waals surface area contributed by atoms with E-state index in [1.54, 1.807) is 25.2 Å². The van der Waals surface area contributed by atoms with Gasteiger partial charge in [0, 0.05) is 38.4 Å².